The van der Waals surface area contributed by atoms with Crippen molar-refractivity contribution >= 4 is 23.4 Å². The van der Waals surface area contributed by atoms with Crippen molar-refractivity contribution in [2.45, 2.75) is 36.7 Å². The standard InChI is InChI=1S/C29H27N3O4S/c33-18-20-7-9-21(10-8-20)26-17-25(19-37-29-30-15-4-16-31-29)35-28(36-26)23-11-13-24(14-12-23)32-27(34)22-5-2-1-3-6-22/h1-16,25-26,28,33H,17-19H2,(H,32,34)/t25-,26+,28+/m1/s1. The van der Waals surface area contributed by atoms with E-state index in [4.69, 9.17) is 9.47 Å². The molecule has 0 spiro atoms. The van der Waals surface area contributed by atoms with Crippen molar-refractivity contribution < 1.29 is 19.4 Å². The van der Waals surface area contributed by atoms with E-state index in [9.17, 15) is 9.90 Å². The monoisotopic (exact) mass is 513 g/mol. The van der Waals surface area contributed by atoms with Crippen LogP contribution in [0.15, 0.2) is 102 Å². The molecule has 3 aromatic carbocycles. The third-order valence-electron chi connectivity index (χ3n) is 6.03. The maximum atomic E-state index is 12.5. The summed E-state index contributed by atoms with van der Waals surface area (Å²) in [5.41, 5.74) is 4.04. The van der Waals surface area contributed by atoms with Crippen LogP contribution in [-0.4, -0.2) is 32.8 Å². The van der Waals surface area contributed by atoms with Gasteiger partial charge in [0.25, 0.3) is 5.91 Å². The van der Waals surface area contributed by atoms with Gasteiger partial charge in [-0.05, 0) is 41.5 Å². The summed E-state index contributed by atoms with van der Waals surface area (Å²) in [4.78, 5) is 21.1. The van der Waals surface area contributed by atoms with E-state index in [-0.39, 0.29) is 24.7 Å². The first-order valence-corrected chi connectivity index (χ1v) is 13.0. The largest absolute Gasteiger partial charge is 0.392 e. The molecular weight excluding hydrogens is 486 g/mol. The molecule has 1 aromatic heterocycles. The normalized spacial score (nSPS) is 19.3. The van der Waals surface area contributed by atoms with E-state index in [0.29, 0.717) is 28.6 Å². The molecule has 0 saturated carbocycles. The summed E-state index contributed by atoms with van der Waals surface area (Å²) in [5, 5.41) is 13.0. The van der Waals surface area contributed by atoms with Crippen molar-refractivity contribution in [3.8, 4) is 0 Å². The number of thioether (sulfide) groups is 1. The number of benzene rings is 3. The van der Waals surface area contributed by atoms with Crippen molar-refractivity contribution in [2.24, 2.45) is 0 Å². The molecule has 3 atom stereocenters. The van der Waals surface area contributed by atoms with Crippen molar-refractivity contribution in [2.75, 3.05) is 11.1 Å². The summed E-state index contributed by atoms with van der Waals surface area (Å²) in [6, 6.07) is 26.2. The number of carbonyl (C=O) groups excluding carboxylic acids is 1. The second-order valence-electron chi connectivity index (χ2n) is 8.63. The molecular formula is C29H27N3O4S. The number of nitrogens with one attached hydrogen (secondary N) is 1. The Morgan fingerprint density at radius 2 is 1.59 bits per heavy atom. The van der Waals surface area contributed by atoms with Crippen molar-refractivity contribution in [3.05, 3.63) is 120 Å². The van der Waals surface area contributed by atoms with Gasteiger partial charge in [0.2, 0.25) is 0 Å². The first kappa shape index (κ1) is 25.1. The van der Waals surface area contributed by atoms with E-state index in [1.165, 1.54) is 0 Å². The van der Waals surface area contributed by atoms with E-state index in [1.807, 2.05) is 66.7 Å². The van der Waals surface area contributed by atoms with E-state index in [2.05, 4.69) is 15.3 Å². The van der Waals surface area contributed by atoms with Crippen molar-refractivity contribution in [1.29, 1.82) is 0 Å². The molecule has 0 aliphatic carbocycles. The minimum absolute atomic E-state index is 0.00103. The Bertz CT molecular complexity index is 1290. The van der Waals surface area contributed by atoms with Gasteiger partial charge in [-0.2, -0.15) is 0 Å². The Kier molecular flexibility index (Phi) is 8.22. The van der Waals surface area contributed by atoms with Gasteiger partial charge in [-0.15, -0.1) is 0 Å². The zero-order valence-electron chi connectivity index (χ0n) is 20.1. The number of anilines is 1. The van der Waals surface area contributed by atoms with Crippen LogP contribution in [0.25, 0.3) is 0 Å². The molecule has 0 unspecified atom stereocenters. The Morgan fingerprint density at radius 3 is 2.30 bits per heavy atom. The van der Waals surface area contributed by atoms with Crippen LogP contribution in [0.2, 0.25) is 0 Å². The average molecular weight is 514 g/mol. The minimum atomic E-state index is -0.572. The van der Waals surface area contributed by atoms with Gasteiger partial charge in [-0.3, -0.25) is 4.79 Å². The molecule has 1 aliphatic rings. The van der Waals surface area contributed by atoms with E-state index in [0.717, 1.165) is 16.7 Å². The first-order valence-electron chi connectivity index (χ1n) is 12.0. The highest BCUT2D eigenvalue weighted by molar-refractivity contribution is 7.99. The van der Waals surface area contributed by atoms with Crippen LogP contribution in [0.5, 0.6) is 0 Å². The Balaban J connectivity index is 1.31. The molecule has 1 fully saturated rings. The summed E-state index contributed by atoms with van der Waals surface area (Å²) in [7, 11) is 0. The molecule has 0 radical (unpaired) electrons. The second-order valence-corrected chi connectivity index (χ2v) is 9.62. The van der Waals surface area contributed by atoms with Gasteiger partial charge < -0.3 is 19.9 Å². The average Bonchev–Trinajstić information content (AvgIpc) is 2.97. The van der Waals surface area contributed by atoms with Gasteiger partial charge in [-0.25, -0.2) is 9.97 Å². The fourth-order valence-corrected chi connectivity index (χ4v) is 4.89. The lowest BCUT2D eigenvalue weighted by atomic mass is 10.0. The summed E-state index contributed by atoms with van der Waals surface area (Å²) in [5.74, 6) is 0.519. The molecule has 7 nitrogen and oxygen atoms in total. The lowest BCUT2D eigenvalue weighted by Crippen LogP contribution is -2.31. The van der Waals surface area contributed by atoms with Gasteiger partial charge in [-0.1, -0.05) is 66.4 Å². The predicted molar refractivity (Wildman–Crippen MR) is 142 cm³/mol. The smallest absolute Gasteiger partial charge is 0.255 e. The van der Waals surface area contributed by atoms with Crippen LogP contribution < -0.4 is 5.32 Å². The van der Waals surface area contributed by atoms with Gasteiger partial charge in [0.05, 0.1) is 18.8 Å². The highest BCUT2D eigenvalue weighted by Gasteiger charge is 2.32. The fraction of sp³-hybridized carbons (Fsp3) is 0.207. The van der Waals surface area contributed by atoms with E-state index >= 15 is 0 Å². The lowest BCUT2D eigenvalue weighted by Gasteiger charge is -2.36. The number of rotatable bonds is 8. The number of carbonyl (C=O) groups is 1. The lowest BCUT2D eigenvalue weighted by molar-refractivity contribution is -0.245. The van der Waals surface area contributed by atoms with Crippen LogP contribution in [-0.2, 0) is 16.1 Å². The summed E-state index contributed by atoms with van der Waals surface area (Å²) < 4.78 is 12.7. The maximum absolute atomic E-state index is 12.5. The van der Waals surface area contributed by atoms with E-state index < -0.39 is 6.29 Å². The van der Waals surface area contributed by atoms with Crippen LogP contribution in [0.4, 0.5) is 5.69 Å². The summed E-state index contributed by atoms with van der Waals surface area (Å²) in [6.45, 7) is 0.00103. The Labute approximate surface area is 219 Å². The van der Waals surface area contributed by atoms with Gasteiger partial charge in [0.15, 0.2) is 11.4 Å². The highest BCUT2D eigenvalue weighted by Crippen LogP contribution is 2.39. The molecule has 37 heavy (non-hydrogen) atoms. The fourth-order valence-electron chi connectivity index (χ4n) is 4.07. The zero-order chi connectivity index (χ0) is 25.5. The third-order valence-corrected chi connectivity index (χ3v) is 7.04. The number of aliphatic hydroxyl groups is 1. The van der Waals surface area contributed by atoms with Gasteiger partial charge in [0.1, 0.15) is 0 Å². The van der Waals surface area contributed by atoms with Crippen molar-refractivity contribution in [1.82, 2.24) is 9.97 Å². The van der Waals surface area contributed by atoms with Gasteiger partial charge in [0, 0.05) is 41.4 Å². The minimum Gasteiger partial charge on any atom is -0.392 e. The number of amides is 1. The van der Waals surface area contributed by atoms with E-state index in [1.54, 1.807) is 42.4 Å². The number of hydrogen-bond donors (Lipinski definition) is 2. The molecule has 2 heterocycles. The molecule has 188 valence electrons. The SMILES string of the molecule is O=C(Nc1ccc([C@H]2O[C@@H](CSc3ncccn3)C[C@@H](c3ccc(CO)cc3)O2)cc1)c1ccccc1. The molecule has 2 N–H and O–H groups in total. The third kappa shape index (κ3) is 6.61. The number of nitrogens with zero attached hydrogens (tertiary/aromatic N) is 2. The second kappa shape index (κ2) is 12.1. The van der Waals surface area contributed by atoms with Crippen LogP contribution in [0.3, 0.4) is 0 Å². The molecule has 4 aromatic rings. The number of hydrogen-bond acceptors (Lipinski definition) is 7. The number of aliphatic hydroxyl groups excluding tert-OH is 1. The molecule has 5 rings (SSSR count). The maximum Gasteiger partial charge on any atom is 0.255 e. The summed E-state index contributed by atoms with van der Waals surface area (Å²) in [6.07, 6.45) is 3.30. The quantitative estimate of drug-likeness (QED) is 0.235. The molecule has 0 bridgehead atoms. The molecule has 8 heteroatoms. The number of ether oxygens (including phenoxy) is 2. The van der Waals surface area contributed by atoms with Crippen LogP contribution >= 0.6 is 11.8 Å². The molecule has 1 saturated heterocycles. The first-order chi connectivity index (χ1) is 18.2. The topological polar surface area (TPSA) is 93.6 Å². The van der Waals surface area contributed by atoms with Crippen LogP contribution in [0, 0.1) is 0 Å². The Morgan fingerprint density at radius 1 is 0.892 bits per heavy atom. The zero-order valence-corrected chi connectivity index (χ0v) is 20.9. The van der Waals surface area contributed by atoms with Crippen molar-refractivity contribution in [3.63, 3.8) is 0 Å². The van der Waals surface area contributed by atoms with Gasteiger partial charge >= 0.3 is 0 Å². The highest BCUT2D eigenvalue weighted by atomic mass is 32.2. The predicted octanol–water partition coefficient (Wildman–Crippen LogP) is 5.56. The summed E-state index contributed by atoms with van der Waals surface area (Å²) >= 11 is 1.55. The number of aromatic nitrogens is 2. The molecule has 1 aliphatic heterocycles. The van der Waals surface area contributed by atoms with Crippen LogP contribution in [0.1, 0.15) is 45.9 Å². The molecule has 1 amide bonds. The Hall–Kier alpha value is -3.56.